The predicted octanol–water partition coefficient (Wildman–Crippen LogP) is 4.37. The molecule has 0 spiro atoms. The minimum Gasteiger partial charge on any atom is -0.382 e. The van der Waals surface area contributed by atoms with E-state index in [1.165, 1.54) is 23.9 Å². The fraction of sp³-hybridized carbons (Fsp3) is 0.471. The number of para-hydroxylation sites is 1. The molecular weight excluding hydrogens is 328 g/mol. The number of nitrogens with zero attached hydrogens (tertiary/aromatic N) is 1. The second-order valence-corrected chi connectivity index (χ2v) is 6.96. The van der Waals surface area contributed by atoms with E-state index in [4.69, 9.17) is 4.74 Å². The van der Waals surface area contributed by atoms with Gasteiger partial charge in [0.15, 0.2) is 0 Å². The zero-order valence-corrected chi connectivity index (χ0v) is 13.5. The molecular formula is C17H19BrN2O. The van der Waals surface area contributed by atoms with Crippen molar-refractivity contribution in [2.24, 2.45) is 5.92 Å². The minimum atomic E-state index is 0.469. The average molecular weight is 347 g/mol. The smallest absolute Gasteiger partial charge is 0.0864 e. The van der Waals surface area contributed by atoms with Gasteiger partial charge >= 0.3 is 0 Å². The third kappa shape index (κ3) is 2.79. The molecule has 2 aliphatic rings. The Bertz CT molecular complexity index is 656. The van der Waals surface area contributed by atoms with Gasteiger partial charge in [-0.25, -0.2) is 0 Å². The van der Waals surface area contributed by atoms with Crippen LogP contribution in [0.1, 0.15) is 25.7 Å². The van der Waals surface area contributed by atoms with Crippen molar-refractivity contribution >= 4 is 32.5 Å². The Labute approximate surface area is 133 Å². The van der Waals surface area contributed by atoms with Gasteiger partial charge in [0.1, 0.15) is 0 Å². The number of hydrogen-bond donors (Lipinski definition) is 1. The molecule has 3 nitrogen and oxygen atoms in total. The maximum absolute atomic E-state index is 5.92. The lowest BCUT2D eigenvalue weighted by atomic mass is 9.99. The summed E-state index contributed by atoms with van der Waals surface area (Å²) >= 11 is 3.58. The molecule has 2 atom stereocenters. The number of pyridine rings is 1. The molecule has 1 saturated carbocycles. The van der Waals surface area contributed by atoms with Gasteiger partial charge in [-0.05, 0) is 59.7 Å². The van der Waals surface area contributed by atoms with Gasteiger partial charge in [0.05, 0.1) is 11.6 Å². The van der Waals surface area contributed by atoms with Crippen LogP contribution in [0.2, 0.25) is 0 Å². The highest BCUT2D eigenvalue weighted by atomic mass is 79.9. The lowest BCUT2D eigenvalue weighted by molar-refractivity contribution is -0.00217. The van der Waals surface area contributed by atoms with Crippen molar-refractivity contribution in [2.45, 2.75) is 37.8 Å². The summed E-state index contributed by atoms with van der Waals surface area (Å²) in [6, 6.07) is 8.82. The van der Waals surface area contributed by atoms with E-state index in [2.05, 4.69) is 44.4 Å². The molecule has 4 heteroatoms. The summed E-state index contributed by atoms with van der Waals surface area (Å²) in [4.78, 5) is 4.48. The summed E-state index contributed by atoms with van der Waals surface area (Å²) in [5.41, 5.74) is 2.20. The molecule has 2 aromatic rings. The van der Waals surface area contributed by atoms with Gasteiger partial charge in [-0.1, -0.05) is 12.1 Å². The Hall–Kier alpha value is -1.13. The summed E-state index contributed by atoms with van der Waals surface area (Å²) in [6.07, 6.45) is 7.26. The predicted molar refractivity (Wildman–Crippen MR) is 88.6 cm³/mol. The average Bonchev–Trinajstić information content (AvgIpc) is 3.33. The molecule has 2 heterocycles. The van der Waals surface area contributed by atoms with E-state index in [9.17, 15) is 0 Å². The summed E-state index contributed by atoms with van der Waals surface area (Å²) < 4.78 is 6.96. The molecule has 1 aromatic carbocycles. The van der Waals surface area contributed by atoms with Crippen molar-refractivity contribution < 1.29 is 4.74 Å². The van der Waals surface area contributed by atoms with E-state index in [1.807, 2.05) is 12.3 Å². The lowest BCUT2D eigenvalue weighted by Crippen LogP contribution is -2.35. The fourth-order valence-electron chi connectivity index (χ4n) is 3.24. The fourth-order valence-corrected chi connectivity index (χ4v) is 3.71. The number of halogens is 1. The van der Waals surface area contributed by atoms with Crippen LogP contribution < -0.4 is 5.32 Å². The molecule has 4 rings (SSSR count). The molecule has 2 fully saturated rings. The van der Waals surface area contributed by atoms with Crippen molar-refractivity contribution in [3.8, 4) is 0 Å². The van der Waals surface area contributed by atoms with Gasteiger partial charge in [0, 0.05) is 34.4 Å². The summed E-state index contributed by atoms with van der Waals surface area (Å²) in [7, 11) is 0. The minimum absolute atomic E-state index is 0.469. The van der Waals surface area contributed by atoms with Crippen molar-refractivity contribution in [1.29, 1.82) is 0 Å². The maximum atomic E-state index is 5.92. The van der Waals surface area contributed by atoms with Crippen molar-refractivity contribution in [1.82, 2.24) is 4.98 Å². The molecule has 1 aliphatic carbocycles. The second-order valence-electron chi connectivity index (χ2n) is 6.11. The number of hydrogen-bond acceptors (Lipinski definition) is 3. The van der Waals surface area contributed by atoms with Crippen LogP contribution in [0.4, 0.5) is 5.69 Å². The first-order chi connectivity index (χ1) is 10.3. The van der Waals surface area contributed by atoms with Crippen LogP contribution in [0.5, 0.6) is 0 Å². The van der Waals surface area contributed by atoms with Gasteiger partial charge in [0.25, 0.3) is 0 Å². The van der Waals surface area contributed by atoms with Crippen LogP contribution in [0.25, 0.3) is 10.9 Å². The van der Waals surface area contributed by atoms with E-state index in [0.29, 0.717) is 12.1 Å². The van der Waals surface area contributed by atoms with Crippen LogP contribution in [0.3, 0.4) is 0 Å². The number of ether oxygens (including phenoxy) is 1. The Morgan fingerprint density at radius 1 is 1.19 bits per heavy atom. The van der Waals surface area contributed by atoms with Crippen molar-refractivity contribution in [3.63, 3.8) is 0 Å². The van der Waals surface area contributed by atoms with Crippen LogP contribution in [0.15, 0.2) is 34.9 Å². The number of nitrogens with one attached hydrogen (secondary N) is 1. The number of rotatable bonds is 3. The van der Waals surface area contributed by atoms with E-state index in [1.54, 1.807) is 0 Å². The van der Waals surface area contributed by atoms with Crippen LogP contribution >= 0.6 is 15.9 Å². The number of aromatic nitrogens is 1. The first-order valence-electron chi connectivity index (χ1n) is 7.72. The van der Waals surface area contributed by atoms with Gasteiger partial charge < -0.3 is 10.1 Å². The van der Waals surface area contributed by atoms with Gasteiger partial charge in [-0.15, -0.1) is 0 Å². The first-order valence-corrected chi connectivity index (χ1v) is 8.52. The molecule has 21 heavy (non-hydrogen) atoms. The van der Waals surface area contributed by atoms with E-state index < -0.39 is 0 Å². The molecule has 1 saturated heterocycles. The largest absolute Gasteiger partial charge is 0.382 e. The van der Waals surface area contributed by atoms with Crippen LogP contribution in [-0.4, -0.2) is 23.7 Å². The van der Waals surface area contributed by atoms with Gasteiger partial charge in [-0.2, -0.15) is 0 Å². The number of benzene rings is 1. The van der Waals surface area contributed by atoms with Crippen molar-refractivity contribution in [3.05, 3.63) is 34.9 Å². The van der Waals surface area contributed by atoms with Crippen molar-refractivity contribution in [2.75, 3.05) is 11.9 Å². The maximum Gasteiger partial charge on any atom is 0.0864 e. The Morgan fingerprint density at radius 2 is 2.10 bits per heavy atom. The zero-order valence-electron chi connectivity index (χ0n) is 11.9. The summed E-state index contributed by atoms with van der Waals surface area (Å²) in [5, 5.41) is 4.90. The molecule has 1 aromatic heterocycles. The third-order valence-corrected chi connectivity index (χ3v) is 5.18. The SMILES string of the molecule is Brc1cccc2c(NC3CCOC(C4CC4)C3)ccnc12. The summed E-state index contributed by atoms with van der Waals surface area (Å²) in [5.74, 6) is 0.818. The second kappa shape index (κ2) is 5.58. The normalized spacial score (nSPS) is 26.0. The molecule has 1 aliphatic heterocycles. The van der Waals surface area contributed by atoms with Crippen LogP contribution in [-0.2, 0) is 4.74 Å². The highest BCUT2D eigenvalue weighted by Crippen LogP contribution is 2.39. The first kappa shape index (κ1) is 13.5. The highest BCUT2D eigenvalue weighted by molar-refractivity contribution is 9.10. The molecule has 0 bridgehead atoms. The number of anilines is 1. The molecule has 2 unspecified atom stereocenters. The lowest BCUT2D eigenvalue weighted by Gasteiger charge is -2.31. The topological polar surface area (TPSA) is 34.1 Å². The Balaban J connectivity index is 1.57. The monoisotopic (exact) mass is 346 g/mol. The highest BCUT2D eigenvalue weighted by Gasteiger charge is 2.35. The molecule has 0 radical (unpaired) electrons. The van der Waals surface area contributed by atoms with Gasteiger partial charge in [0.2, 0.25) is 0 Å². The molecule has 1 N–H and O–H groups in total. The van der Waals surface area contributed by atoms with Crippen LogP contribution in [0, 0.1) is 5.92 Å². The molecule has 0 amide bonds. The zero-order chi connectivity index (χ0) is 14.2. The van der Waals surface area contributed by atoms with E-state index >= 15 is 0 Å². The van der Waals surface area contributed by atoms with E-state index in [0.717, 1.165) is 35.4 Å². The quantitative estimate of drug-likeness (QED) is 0.895. The van der Waals surface area contributed by atoms with E-state index in [-0.39, 0.29) is 0 Å². The molecule has 110 valence electrons. The third-order valence-electron chi connectivity index (χ3n) is 4.54. The Morgan fingerprint density at radius 3 is 2.95 bits per heavy atom. The Kier molecular flexibility index (Phi) is 3.59. The number of fused-ring (bicyclic) bond motifs is 1. The summed E-state index contributed by atoms with van der Waals surface area (Å²) in [6.45, 7) is 0.880. The standard InChI is InChI=1S/C17H19BrN2O/c18-14-3-1-2-13-15(6-8-19-17(13)14)20-12-7-9-21-16(10-12)11-4-5-11/h1-3,6,8,11-12,16H,4-5,7,9-10H2,(H,19,20). The van der Waals surface area contributed by atoms with Gasteiger partial charge in [-0.3, -0.25) is 4.98 Å².